The highest BCUT2D eigenvalue weighted by Crippen LogP contribution is 2.39. The Kier molecular flexibility index (Phi) is 4.20. The van der Waals surface area contributed by atoms with Gasteiger partial charge < -0.3 is 4.18 Å². The van der Waals surface area contributed by atoms with Crippen LogP contribution in [0.1, 0.15) is 24.6 Å². The van der Waals surface area contributed by atoms with Crippen molar-refractivity contribution in [3.05, 3.63) is 64.3 Å². The smallest absolute Gasteiger partial charge is 0.306 e. The van der Waals surface area contributed by atoms with E-state index >= 15 is 0 Å². The van der Waals surface area contributed by atoms with Gasteiger partial charge in [-0.3, -0.25) is 9.36 Å². The van der Waals surface area contributed by atoms with Crippen molar-refractivity contribution < 1.29 is 17.0 Å². The van der Waals surface area contributed by atoms with Gasteiger partial charge in [-0.2, -0.15) is 13.7 Å². The fourth-order valence-corrected chi connectivity index (χ4v) is 3.80. The van der Waals surface area contributed by atoms with Crippen LogP contribution in [-0.4, -0.2) is 19.2 Å². The Bertz CT molecular complexity index is 1320. The summed E-state index contributed by atoms with van der Waals surface area (Å²) in [6.07, 6.45) is 2.49. The quantitative estimate of drug-likeness (QED) is 0.629. The number of hydrogen-bond donors (Lipinski definition) is 0. The lowest BCUT2D eigenvalue weighted by molar-refractivity contribution is 0.493. The average molecular weight is 398 g/mol. The highest BCUT2D eigenvalue weighted by Gasteiger charge is 2.30. The van der Waals surface area contributed by atoms with E-state index in [1.54, 1.807) is 6.07 Å². The molecule has 28 heavy (non-hydrogen) atoms. The molecule has 4 rings (SSSR count). The molecule has 0 amide bonds. The molecule has 1 fully saturated rings. The minimum absolute atomic E-state index is 0.0140. The minimum atomic E-state index is -3.78. The summed E-state index contributed by atoms with van der Waals surface area (Å²) in [5.41, 5.74) is 0.595. The third kappa shape index (κ3) is 3.25. The number of aromatic nitrogens is 1. The molecule has 1 aromatic heterocycles. The summed E-state index contributed by atoms with van der Waals surface area (Å²) in [5.74, 6) is -0.470. The molecule has 1 saturated carbocycles. The van der Waals surface area contributed by atoms with E-state index in [2.05, 4.69) is 6.07 Å². The zero-order valence-corrected chi connectivity index (χ0v) is 15.7. The van der Waals surface area contributed by atoms with Crippen molar-refractivity contribution >= 4 is 20.9 Å². The maximum atomic E-state index is 13.9. The maximum absolute atomic E-state index is 13.9. The molecule has 2 aromatic carbocycles. The van der Waals surface area contributed by atoms with Crippen LogP contribution in [0.3, 0.4) is 0 Å². The monoisotopic (exact) mass is 398 g/mol. The number of halogens is 1. The Labute approximate surface area is 160 Å². The number of fused-ring (bicyclic) bond motifs is 1. The van der Waals surface area contributed by atoms with Crippen molar-refractivity contribution in [3.63, 3.8) is 0 Å². The lowest BCUT2D eigenvalue weighted by atomic mass is 9.96. The Morgan fingerprint density at radius 1 is 1.18 bits per heavy atom. The van der Waals surface area contributed by atoms with Crippen LogP contribution in [0.15, 0.2) is 47.3 Å². The highest BCUT2D eigenvalue weighted by molar-refractivity contribution is 7.86. The number of nitriles is 1. The first-order valence-corrected chi connectivity index (χ1v) is 10.4. The first kappa shape index (κ1) is 18.2. The normalized spacial score (nSPS) is 14.0. The van der Waals surface area contributed by atoms with E-state index in [0.717, 1.165) is 19.1 Å². The third-order valence-corrected chi connectivity index (χ3v) is 5.06. The van der Waals surface area contributed by atoms with Gasteiger partial charge in [0.1, 0.15) is 23.3 Å². The molecule has 1 aliphatic rings. The second-order valence-electron chi connectivity index (χ2n) is 6.75. The largest absolute Gasteiger partial charge is 0.383 e. The van der Waals surface area contributed by atoms with E-state index in [0.29, 0.717) is 21.9 Å². The predicted molar refractivity (Wildman–Crippen MR) is 102 cm³/mol. The van der Waals surface area contributed by atoms with Crippen molar-refractivity contribution in [1.82, 2.24) is 4.57 Å². The van der Waals surface area contributed by atoms with Gasteiger partial charge in [0.05, 0.1) is 6.26 Å². The zero-order valence-electron chi connectivity index (χ0n) is 14.8. The van der Waals surface area contributed by atoms with Crippen LogP contribution < -0.4 is 9.74 Å². The number of pyridine rings is 1. The summed E-state index contributed by atoms with van der Waals surface area (Å²) >= 11 is 0. The van der Waals surface area contributed by atoms with Gasteiger partial charge in [0.15, 0.2) is 0 Å². The first-order chi connectivity index (χ1) is 13.3. The van der Waals surface area contributed by atoms with Gasteiger partial charge in [-0.25, -0.2) is 4.39 Å². The van der Waals surface area contributed by atoms with Crippen LogP contribution >= 0.6 is 0 Å². The fourth-order valence-electron chi connectivity index (χ4n) is 3.35. The van der Waals surface area contributed by atoms with E-state index in [9.17, 15) is 22.9 Å². The average Bonchev–Trinajstić information content (AvgIpc) is 3.44. The lowest BCUT2D eigenvalue weighted by Gasteiger charge is -2.16. The van der Waals surface area contributed by atoms with Gasteiger partial charge >= 0.3 is 10.1 Å². The van der Waals surface area contributed by atoms with Gasteiger partial charge in [-0.1, -0.05) is 12.1 Å². The maximum Gasteiger partial charge on any atom is 0.306 e. The van der Waals surface area contributed by atoms with Gasteiger partial charge in [-0.05, 0) is 48.7 Å². The Morgan fingerprint density at radius 2 is 1.93 bits per heavy atom. The van der Waals surface area contributed by atoms with Gasteiger partial charge in [0, 0.05) is 22.4 Å². The molecule has 0 aliphatic heterocycles. The SMILES string of the molecule is CS(=O)(=O)Oc1ccc2c(=O)n(C3CC3)c(C#N)c(-c3cccc(F)c3)c2c1. The third-order valence-electron chi connectivity index (χ3n) is 4.57. The molecule has 0 radical (unpaired) electrons. The second kappa shape index (κ2) is 6.46. The van der Waals surface area contributed by atoms with E-state index in [1.807, 2.05) is 0 Å². The Balaban J connectivity index is 2.12. The number of benzene rings is 2. The Hall–Kier alpha value is -3.18. The van der Waals surface area contributed by atoms with Crippen LogP contribution in [0.4, 0.5) is 4.39 Å². The standard InChI is InChI=1S/C20H15FN2O4S/c1-28(25,26)27-15-7-8-16-17(10-15)19(12-3-2-4-13(21)9-12)18(11-22)23(20(16)24)14-5-6-14/h2-4,7-10,14H,5-6H2,1H3. The summed E-state index contributed by atoms with van der Waals surface area (Å²) in [6.45, 7) is 0. The van der Waals surface area contributed by atoms with Crippen LogP contribution in [0.25, 0.3) is 21.9 Å². The fraction of sp³-hybridized carbons (Fsp3) is 0.200. The molecule has 0 atom stereocenters. The van der Waals surface area contributed by atoms with Crippen molar-refractivity contribution in [2.24, 2.45) is 0 Å². The van der Waals surface area contributed by atoms with Crippen molar-refractivity contribution in [2.75, 3.05) is 6.26 Å². The number of nitrogens with zero attached hydrogens (tertiary/aromatic N) is 2. The Morgan fingerprint density at radius 3 is 2.54 bits per heavy atom. The summed E-state index contributed by atoms with van der Waals surface area (Å²) in [6, 6.07) is 12.0. The molecule has 0 N–H and O–H groups in total. The summed E-state index contributed by atoms with van der Waals surface area (Å²) in [4.78, 5) is 13.0. The molecule has 0 unspecified atom stereocenters. The summed E-state index contributed by atoms with van der Waals surface area (Å²) in [7, 11) is -3.78. The van der Waals surface area contributed by atoms with Crippen molar-refractivity contribution in [3.8, 4) is 22.9 Å². The zero-order chi connectivity index (χ0) is 20.1. The molecule has 8 heteroatoms. The van der Waals surface area contributed by atoms with E-state index in [4.69, 9.17) is 4.18 Å². The van der Waals surface area contributed by atoms with Crippen molar-refractivity contribution in [1.29, 1.82) is 5.26 Å². The molecule has 0 spiro atoms. The van der Waals surface area contributed by atoms with Gasteiger partial charge in [0.2, 0.25) is 0 Å². The van der Waals surface area contributed by atoms with Crippen LogP contribution in [0, 0.1) is 17.1 Å². The van der Waals surface area contributed by atoms with E-state index in [-0.39, 0.29) is 23.0 Å². The molecular weight excluding hydrogens is 383 g/mol. The topological polar surface area (TPSA) is 89.2 Å². The molecule has 1 heterocycles. The highest BCUT2D eigenvalue weighted by atomic mass is 32.2. The number of hydrogen-bond acceptors (Lipinski definition) is 5. The molecule has 0 saturated heterocycles. The van der Waals surface area contributed by atoms with E-state index < -0.39 is 15.9 Å². The van der Waals surface area contributed by atoms with Crippen LogP contribution in [-0.2, 0) is 10.1 Å². The minimum Gasteiger partial charge on any atom is -0.383 e. The van der Waals surface area contributed by atoms with Gasteiger partial charge in [-0.15, -0.1) is 0 Å². The second-order valence-corrected chi connectivity index (χ2v) is 8.32. The summed E-state index contributed by atoms with van der Waals surface area (Å²) < 4.78 is 43.3. The molecule has 6 nitrogen and oxygen atoms in total. The first-order valence-electron chi connectivity index (χ1n) is 8.56. The predicted octanol–water partition coefficient (Wildman–Crippen LogP) is 3.35. The van der Waals surface area contributed by atoms with E-state index in [1.165, 1.54) is 41.0 Å². The molecule has 142 valence electrons. The van der Waals surface area contributed by atoms with Crippen LogP contribution in [0.2, 0.25) is 0 Å². The van der Waals surface area contributed by atoms with Crippen molar-refractivity contribution in [2.45, 2.75) is 18.9 Å². The summed E-state index contributed by atoms with van der Waals surface area (Å²) in [5, 5.41) is 10.5. The molecule has 1 aliphatic carbocycles. The molecule has 3 aromatic rings. The number of rotatable bonds is 4. The lowest BCUT2D eigenvalue weighted by Crippen LogP contribution is -2.23. The van der Waals surface area contributed by atoms with Crippen LogP contribution in [0.5, 0.6) is 5.75 Å². The molecule has 0 bridgehead atoms. The van der Waals surface area contributed by atoms with Gasteiger partial charge in [0.25, 0.3) is 5.56 Å². The molecular formula is C20H15FN2O4S.